The highest BCUT2D eigenvalue weighted by Gasteiger charge is 2.49. The van der Waals surface area contributed by atoms with Crippen molar-refractivity contribution in [1.82, 2.24) is 9.88 Å². The first kappa shape index (κ1) is 14.8. The van der Waals surface area contributed by atoms with E-state index in [1.54, 1.807) is 6.20 Å². The minimum Gasteiger partial charge on any atom is -0.479 e. The van der Waals surface area contributed by atoms with E-state index in [9.17, 15) is 14.7 Å². The number of carboxylic acid groups (broad SMARTS) is 1. The van der Waals surface area contributed by atoms with Gasteiger partial charge in [-0.05, 0) is 26.2 Å². The van der Waals surface area contributed by atoms with E-state index in [0.29, 0.717) is 24.5 Å². The molecule has 0 bridgehead atoms. The zero-order chi connectivity index (χ0) is 14.8. The van der Waals surface area contributed by atoms with Gasteiger partial charge in [0.05, 0.1) is 0 Å². The molecule has 1 fully saturated rings. The molecular weight excluding hydrogens is 278 g/mol. The molecule has 1 unspecified atom stereocenters. The summed E-state index contributed by atoms with van der Waals surface area (Å²) < 4.78 is 0. The number of amides is 2. The van der Waals surface area contributed by atoms with Crippen molar-refractivity contribution in [3.05, 3.63) is 11.1 Å². The second kappa shape index (κ2) is 5.78. The number of hydrogen-bond acceptors (Lipinski definition) is 4. The Morgan fingerprint density at radius 3 is 2.90 bits per heavy atom. The van der Waals surface area contributed by atoms with Gasteiger partial charge in [0.1, 0.15) is 5.54 Å². The molecule has 7 heteroatoms. The molecule has 20 heavy (non-hydrogen) atoms. The number of aromatic nitrogens is 1. The van der Waals surface area contributed by atoms with Crippen LogP contribution in [0.3, 0.4) is 0 Å². The van der Waals surface area contributed by atoms with Crippen LogP contribution in [0.25, 0.3) is 0 Å². The van der Waals surface area contributed by atoms with Crippen LogP contribution in [0.4, 0.5) is 9.93 Å². The quantitative estimate of drug-likeness (QED) is 0.895. The topological polar surface area (TPSA) is 82.5 Å². The Bertz CT molecular complexity index is 517. The van der Waals surface area contributed by atoms with Crippen LogP contribution < -0.4 is 5.32 Å². The molecule has 1 aliphatic rings. The number of carboxylic acids is 1. The highest BCUT2D eigenvalue weighted by molar-refractivity contribution is 7.15. The largest absolute Gasteiger partial charge is 0.479 e. The third kappa shape index (κ3) is 2.63. The van der Waals surface area contributed by atoms with Crippen LogP contribution in [0.5, 0.6) is 0 Å². The number of carbonyl (C=O) groups is 2. The summed E-state index contributed by atoms with van der Waals surface area (Å²) in [6.07, 6.45) is 4.12. The molecule has 1 aromatic rings. The van der Waals surface area contributed by atoms with Gasteiger partial charge in [0.25, 0.3) is 0 Å². The van der Waals surface area contributed by atoms with Crippen molar-refractivity contribution < 1.29 is 14.7 Å². The molecule has 1 atom stereocenters. The van der Waals surface area contributed by atoms with Crippen LogP contribution in [0.2, 0.25) is 0 Å². The van der Waals surface area contributed by atoms with Crippen molar-refractivity contribution in [2.75, 3.05) is 11.9 Å². The van der Waals surface area contributed by atoms with E-state index in [-0.39, 0.29) is 6.03 Å². The molecular formula is C13H19N3O3S. The maximum absolute atomic E-state index is 12.3. The van der Waals surface area contributed by atoms with Gasteiger partial charge in [-0.1, -0.05) is 13.3 Å². The smallest absolute Gasteiger partial charge is 0.329 e. The molecule has 2 amide bonds. The van der Waals surface area contributed by atoms with Crippen LogP contribution >= 0.6 is 11.3 Å². The second-order valence-electron chi connectivity index (χ2n) is 5.05. The molecule has 0 aromatic carbocycles. The molecule has 110 valence electrons. The summed E-state index contributed by atoms with van der Waals surface area (Å²) in [5.74, 6) is -0.915. The minimum absolute atomic E-state index is 0.368. The SMILES string of the molecule is CCCC1(C(=O)O)CCCN1C(=O)Nc1ncc(C)s1. The van der Waals surface area contributed by atoms with Crippen molar-refractivity contribution >= 4 is 28.5 Å². The molecule has 6 nitrogen and oxygen atoms in total. The lowest BCUT2D eigenvalue weighted by Gasteiger charge is -2.34. The number of carbonyl (C=O) groups excluding carboxylic acids is 1. The Morgan fingerprint density at radius 2 is 2.35 bits per heavy atom. The zero-order valence-corrected chi connectivity index (χ0v) is 12.5. The number of hydrogen-bond donors (Lipinski definition) is 2. The number of nitrogens with zero attached hydrogens (tertiary/aromatic N) is 2. The summed E-state index contributed by atoms with van der Waals surface area (Å²) in [4.78, 5) is 30.5. The lowest BCUT2D eigenvalue weighted by Crippen LogP contribution is -2.54. The van der Waals surface area contributed by atoms with E-state index in [4.69, 9.17) is 0 Å². The molecule has 1 aromatic heterocycles. The number of thiazole rings is 1. The summed E-state index contributed by atoms with van der Waals surface area (Å²) in [6, 6.07) is -0.368. The van der Waals surface area contributed by atoms with Crippen molar-refractivity contribution in [3.63, 3.8) is 0 Å². The lowest BCUT2D eigenvalue weighted by molar-refractivity contribution is -0.148. The molecule has 1 aliphatic heterocycles. The van der Waals surface area contributed by atoms with E-state index in [2.05, 4.69) is 10.3 Å². The fourth-order valence-electron chi connectivity index (χ4n) is 2.75. The highest BCUT2D eigenvalue weighted by Crippen LogP contribution is 2.34. The molecule has 2 rings (SSSR count). The monoisotopic (exact) mass is 297 g/mol. The van der Waals surface area contributed by atoms with Gasteiger partial charge in [0.15, 0.2) is 5.13 Å². The number of aliphatic carboxylic acids is 1. The maximum atomic E-state index is 12.3. The minimum atomic E-state index is -1.06. The van der Waals surface area contributed by atoms with Gasteiger partial charge in [-0.25, -0.2) is 14.6 Å². The Balaban J connectivity index is 2.16. The average molecular weight is 297 g/mol. The number of anilines is 1. The van der Waals surface area contributed by atoms with E-state index < -0.39 is 11.5 Å². The van der Waals surface area contributed by atoms with Crippen LogP contribution in [-0.2, 0) is 4.79 Å². The molecule has 0 radical (unpaired) electrons. The normalized spacial score (nSPS) is 22.0. The summed E-state index contributed by atoms with van der Waals surface area (Å²) in [7, 11) is 0. The number of aryl methyl sites for hydroxylation is 1. The zero-order valence-electron chi connectivity index (χ0n) is 11.7. The van der Waals surface area contributed by atoms with Crippen molar-refractivity contribution in [1.29, 1.82) is 0 Å². The van der Waals surface area contributed by atoms with Crippen molar-refractivity contribution in [2.24, 2.45) is 0 Å². The fourth-order valence-corrected chi connectivity index (χ4v) is 3.40. The second-order valence-corrected chi connectivity index (χ2v) is 6.28. The first-order valence-electron chi connectivity index (χ1n) is 6.74. The predicted octanol–water partition coefficient (Wildman–Crippen LogP) is 2.70. The molecule has 2 heterocycles. The van der Waals surface area contributed by atoms with Crippen molar-refractivity contribution in [3.8, 4) is 0 Å². The lowest BCUT2D eigenvalue weighted by atomic mass is 9.91. The molecule has 0 spiro atoms. The summed E-state index contributed by atoms with van der Waals surface area (Å²) >= 11 is 1.38. The van der Waals surface area contributed by atoms with Crippen LogP contribution in [0.1, 0.15) is 37.5 Å². The summed E-state index contributed by atoms with van der Waals surface area (Å²) in [5, 5.41) is 12.8. The van der Waals surface area contributed by atoms with E-state index in [1.165, 1.54) is 16.2 Å². The van der Waals surface area contributed by atoms with Crippen LogP contribution in [-0.4, -0.2) is 39.1 Å². The van der Waals surface area contributed by atoms with Gasteiger partial charge >= 0.3 is 12.0 Å². The average Bonchev–Trinajstić information content (AvgIpc) is 2.97. The van der Waals surface area contributed by atoms with E-state index in [0.717, 1.165) is 17.7 Å². The Kier molecular flexibility index (Phi) is 4.27. The van der Waals surface area contributed by atoms with Crippen molar-refractivity contribution in [2.45, 2.75) is 45.1 Å². The molecule has 0 saturated carbocycles. The van der Waals surface area contributed by atoms with Gasteiger partial charge in [0, 0.05) is 17.6 Å². The number of rotatable bonds is 4. The van der Waals surface area contributed by atoms with Crippen LogP contribution in [0.15, 0.2) is 6.20 Å². The molecule has 1 saturated heterocycles. The third-order valence-corrected chi connectivity index (χ3v) is 4.46. The number of urea groups is 1. The van der Waals surface area contributed by atoms with Gasteiger partial charge in [-0.2, -0.15) is 0 Å². The number of nitrogens with one attached hydrogen (secondary N) is 1. The fraction of sp³-hybridized carbons (Fsp3) is 0.615. The molecule has 0 aliphatic carbocycles. The highest BCUT2D eigenvalue weighted by atomic mass is 32.1. The van der Waals surface area contributed by atoms with Gasteiger partial charge in [-0.15, -0.1) is 11.3 Å². The summed E-state index contributed by atoms with van der Waals surface area (Å²) in [5.41, 5.74) is -1.06. The van der Waals surface area contributed by atoms with Gasteiger partial charge < -0.3 is 10.0 Å². The summed E-state index contributed by atoms with van der Waals surface area (Å²) in [6.45, 7) is 4.31. The first-order valence-corrected chi connectivity index (χ1v) is 7.55. The maximum Gasteiger partial charge on any atom is 0.329 e. The Morgan fingerprint density at radius 1 is 1.60 bits per heavy atom. The molecule has 2 N–H and O–H groups in total. The predicted molar refractivity (Wildman–Crippen MR) is 77.1 cm³/mol. The third-order valence-electron chi connectivity index (χ3n) is 3.63. The van der Waals surface area contributed by atoms with E-state index in [1.807, 2.05) is 13.8 Å². The Hall–Kier alpha value is -1.63. The standard InChI is InChI=1S/C13H19N3O3S/c1-3-5-13(10(17)18)6-4-7-16(13)12(19)15-11-14-8-9(2)20-11/h8H,3-7H2,1-2H3,(H,17,18)(H,14,15,19). The first-order chi connectivity index (χ1) is 9.49. The van der Waals surface area contributed by atoms with Crippen LogP contribution in [0, 0.1) is 6.92 Å². The van der Waals surface area contributed by atoms with E-state index >= 15 is 0 Å². The van der Waals surface area contributed by atoms with Gasteiger partial charge in [0.2, 0.25) is 0 Å². The van der Waals surface area contributed by atoms with Gasteiger partial charge in [-0.3, -0.25) is 5.32 Å². The Labute approximate surface area is 121 Å². The number of likely N-dealkylation sites (tertiary alicyclic amines) is 1.